The Hall–Kier alpha value is -0.790. The van der Waals surface area contributed by atoms with Crippen molar-refractivity contribution in [3.63, 3.8) is 0 Å². The molecule has 0 fully saturated rings. The van der Waals surface area contributed by atoms with E-state index in [0.29, 0.717) is 6.42 Å². The van der Waals surface area contributed by atoms with Gasteiger partial charge in [0.1, 0.15) is 0 Å². The van der Waals surface area contributed by atoms with Crippen LogP contribution in [0.25, 0.3) is 0 Å². The van der Waals surface area contributed by atoms with Gasteiger partial charge in [-0.15, -0.1) is 0 Å². The molecular formula is C13H24O2. The molecule has 88 valence electrons. The normalized spacial score (nSPS) is 10.8. The van der Waals surface area contributed by atoms with E-state index in [1.807, 2.05) is 6.08 Å². The molecule has 0 heterocycles. The smallest absolute Gasteiger partial charge is 0.309 e. The Bertz CT molecular complexity index is 173. The van der Waals surface area contributed by atoms with Gasteiger partial charge in [0.2, 0.25) is 0 Å². The Kier molecular flexibility index (Phi) is 10.7. The van der Waals surface area contributed by atoms with Crippen LogP contribution in [0.5, 0.6) is 0 Å². The van der Waals surface area contributed by atoms with Gasteiger partial charge in [0.15, 0.2) is 0 Å². The molecule has 0 unspecified atom stereocenters. The van der Waals surface area contributed by atoms with Crippen molar-refractivity contribution in [1.82, 2.24) is 0 Å². The molecule has 0 aliphatic heterocycles. The molecule has 0 aromatic carbocycles. The van der Waals surface area contributed by atoms with E-state index in [-0.39, 0.29) is 5.97 Å². The lowest BCUT2D eigenvalue weighted by molar-refractivity contribution is -0.139. The van der Waals surface area contributed by atoms with E-state index in [1.54, 1.807) is 0 Å². The maximum Gasteiger partial charge on any atom is 0.309 e. The van der Waals surface area contributed by atoms with E-state index in [4.69, 9.17) is 0 Å². The fraction of sp³-hybridized carbons (Fsp3) is 0.769. The number of methoxy groups -OCH3 is 1. The molecule has 0 bridgehead atoms. The predicted molar refractivity (Wildman–Crippen MR) is 63.8 cm³/mol. The minimum absolute atomic E-state index is 0.158. The van der Waals surface area contributed by atoms with Gasteiger partial charge in [-0.25, -0.2) is 0 Å². The highest BCUT2D eigenvalue weighted by Crippen LogP contribution is 2.07. The second-order valence-corrected chi connectivity index (χ2v) is 3.81. The van der Waals surface area contributed by atoms with Gasteiger partial charge in [-0.05, 0) is 12.8 Å². The maximum absolute atomic E-state index is 10.7. The summed E-state index contributed by atoms with van der Waals surface area (Å²) >= 11 is 0. The van der Waals surface area contributed by atoms with Crippen molar-refractivity contribution in [3.05, 3.63) is 12.2 Å². The highest BCUT2D eigenvalue weighted by molar-refractivity contribution is 5.70. The van der Waals surface area contributed by atoms with Crippen molar-refractivity contribution in [2.24, 2.45) is 0 Å². The van der Waals surface area contributed by atoms with Gasteiger partial charge in [0, 0.05) is 0 Å². The quantitative estimate of drug-likeness (QED) is 0.329. The lowest BCUT2D eigenvalue weighted by atomic mass is 10.1. The zero-order valence-electron chi connectivity index (χ0n) is 10.1. The average Bonchev–Trinajstić information content (AvgIpc) is 2.26. The maximum atomic E-state index is 10.7. The van der Waals surface area contributed by atoms with Crippen LogP contribution in [0.2, 0.25) is 0 Å². The van der Waals surface area contributed by atoms with Crippen LogP contribution in [0, 0.1) is 0 Å². The second kappa shape index (κ2) is 11.3. The number of carbonyl (C=O) groups is 1. The Balaban J connectivity index is 3.13. The minimum Gasteiger partial charge on any atom is -0.469 e. The first-order valence-corrected chi connectivity index (χ1v) is 6.03. The number of carbonyl (C=O) groups excluding carboxylic acids is 1. The van der Waals surface area contributed by atoms with Crippen LogP contribution < -0.4 is 0 Å². The van der Waals surface area contributed by atoms with Crippen molar-refractivity contribution in [1.29, 1.82) is 0 Å². The summed E-state index contributed by atoms with van der Waals surface area (Å²) in [6, 6.07) is 0. The van der Waals surface area contributed by atoms with Crippen LogP contribution in [-0.2, 0) is 9.53 Å². The largest absolute Gasteiger partial charge is 0.469 e. The molecule has 0 aromatic heterocycles. The van der Waals surface area contributed by atoms with Crippen molar-refractivity contribution >= 4 is 5.97 Å². The van der Waals surface area contributed by atoms with E-state index in [0.717, 1.165) is 6.42 Å². The number of unbranched alkanes of at least 4 members (excludes halogenated alkanes) is 6. The van der Waals surface area contributed by atoms with Gasteiger partial charge in [0.25, 0.3) is 0 Å². The molecular weight excluding hydrogens is 188 g/mol. The van der Waals surface area contributed by atoms with Crippen molar-refractivity contribution in [2.45, 2.75) is 58.3 Å². The van der Waals surface area contributed by atoms with E-state index in [2.05, 4.69) is 17.7 Å². The molecule has 0 aliphatic rings. The Morgan fingerprint density at radius 3 is 2.40 bits per heavy atom. The van der Waals surface area contributed by atoms with Gasteiger partial charge in [-0.3, -0.25) is 4.79 Å². The van der Waals surface area contributed by atoms with Crippen LogP contribution in [0.1, 0.15) is 58.3 Å². The van der Waals surface area contributed by atoms with Gasteiger partial charge >= 0.3 is 5.97 Å². The molecule has 2 nitrogen and oxygen atoms in total. The van der Waals surface area contributed by atoms with Crippen molar-refractivity contribution < 1.29 is 9.53 Å². The zero-order valence-corrected chi connectivity index (χ0v) is 10.1. The summed E-state index contributed by atoms with van der Waals surface area (Å²) in [4.78, 5) is 10.7. The monoisotopic (exact) mass is 212 g/mol. The van der Waals surface area contributed by atoms with Crippen LogP contribution in [0.15, 0.2) is 12.2 Å². The number of ether oxygens (including phenoxy) is 1. The minimum atomic E-state index is -0.158. The molecule has 0 aliphatic carbocycles. The standard InChI is InChI=1S/C13H24O2/c1-3-4-5-6-7-8-9-10-11-12-13(14)15-2/h10-11H,3-9,12H2,1-2H3. The third-order valence-electron chi connectivity index (χ3n) is 2.40. The van der Waals surface area contributed by atoms with E-state index in [9.17, 15) is 4.79 Å². The number of rotatable bonds is 9. The number of hydrogen-bond donors (Lipinski definition) is 0. The van der Waals surface area contributed by atoms with Crippen LogP contribution >= 0.6 is 0 Å². The van der Waals surface area contributed by atoms with E-state index < -0.39 is 0 Å². The summed E-state index contributed by atoms with van der Waals surface area (Å²) in [6.45, 7) is 2.23. The zero-order chi connectivity index (χ0) is 11.4. The highest BCUT2D eigenvalue weighted by atomic mass is 16.5. The van der Waals surface area contributed by atoms with Gasteiger partial charge in [-0.1, -0.05) is 51.2 Å². The van der Waals surface area contributed by atoms with Crippen molar-refractivity contribution in [2.75, 3.05) is 7.11 Å². The topological polar surface area (TPSA) is 26.3 Å². The molecule has 0 atom stereocenters. The fourth-order valence-corrected chi connectivity index (χ4v) is 1.42. The molecule has 0 radical (unpaired) electrons. The third kappa shape index (κ3) is 11.1. The fourth-order valence-electron chi connectivity index (χ4n) is 1.42. The van der Waals surface area contributed by atoms with Gasteiger partial charge in [-0.2, -0.15) is 0 Å². The molecule has 0 amide bonds. The first-order valence-electron chi connectivity index (χ1n) is 6.03. The Morgan fingerprint density at radius 1 is 1.07 bits per heavy atom. The SMILES string of the molecule is CCCCCCCCC=CCC(=O)OC. The molecule has 15 heavy (non-hydrogen) atoms. The van der Waals surface area contributed by atoms with Crippen molar-refractivity contribution in [3.8, 4) is 0 Å². The van der Waals surface area contributed by atoms with Gasteiger partial charge < -0.3 is 4.74 Å². The van der Waals surface area contributed by atoms with E-state index in [1.165, 1.54) is 45.6 Å². The molecule has 0 aromatic rings. The van der Waals surface area contributed by atoms with Gasteiger partial charge in [0.05, 0.1) is 13.5 Å². The molecule has 0 saturated heterocycles. The lowest BCUT2D eigenvalue weighted by Gasteiger charge is -1.97. The number of esters is 1. The van der Waals surface area contributed by atoms with Crippen LogP contribution in [0.3, 0.4) is 0 Å². The summed E-state index contributed by atoms with van der Waals surface area (Å²) < 4.78 is 4.53. The Labute approximate surface area is 93.7 Å². The highest BCUT2D eigenvalue weighted by Gasteiger charge is 1.93. The predicted octanol–water partition coefficient (Wildman–Crippen LogP) is 3.86. The summed E-state index contributed by atoms with van der Waals surface area (Å²) in [6.07, 6.45) is 13.4. The number of hydrogen-bond acceptors (Lipinski definition) is 2. The first-order chi connectivity index (χ1) is 7.31. The third-order valence-corrected chi connectivity index (χ3v) is 2.40. The van der Waals surface area contributed by atoms with E-state index >= 15 is 0 Å². The number of allylic oxidation sites excluding steroid dienone is 1. The Morgan fingerprint density at radius 2 is 1.73 bits per heavy atom. The summed E-state index contributed by atoms with van der Waals surface area (Å²) in [5.41, 5.74) is 0. The molecule has 0 spiro atoms. The van der Waals surface area contributed by atoms with Crippen LogP contribution in [0.4, 0.5) is 0 Å². The molecule has 2 heteroatoms. The summed E-state index contributed by atoms with van der Waals surface area (Å²) in [5.74, 6) is -0.158. The average molecular weight is 212 g/mol. The van der Waals surface area contributed by atoms with Crippen LogP contribution in [-0.4, -0.2) is 13.1 Å². The second-order valence-electron chi connectivity index (χ2n) is 3.81. The molecule has 0 N–H and O–H groups in total. The first kappa shape index (κ1) is 14.2. The summed E-state index contributed by atoms with van der Waals surface area (Å²) in [7, 11) is 1.42. The lowest BCUT2D eigenvalue weighted by Crippen LogP contribution is -1.96. The summed E-state index contributed by atoms with van der Waals surface area (Å²) in [5, 5.41) is 0. The molecule has 0 saturated carbocycles. The molecule has 0 rings (SSSR count).